The summed E-state index contributed by atoms with van der Waals surface area (Å²) in [6.07, 6.45) is 0. The number of benzene rings is 18. The topological polar surface area (TPSA) is 0 Å². The van der Waals surface area contributed by atoms with Gasteiger partial charge in [-0.25, -0.2) is 0 Å². The van der Waals surface area contributed by atoms with Crippen molar-refractivity contribution in [2.45, 2.75) is 76.2 Å². The van der Waals surface area contributed by atoms with Gasteiger partial charge in [-0.2, -0.15) is 0 Å². The van der Waals surface area contributed by atoms with Crippen LogP contribution in [0.4, 0.5) is 0 Å². The van der Waals surface area contributed by atoms with Gasteiger partial charge >= 0.3 is 0 Å². The van der Waals surface area contributed by atoms with Crippen molar-refractivity contribution in [1.82, 2.24) is 0 Å². The largest absolute Gasteiger partial charge is 0.0616 e. The fourth-order valence-electron chi connectivity index (χ4n) is 14.0. The lowest BCUT2D eigenvalue weighted by Gasteiger charge is -2.09. The van der Waals surface area contributed by atoms with Crippen LogP contribution >= 0.6 is 0 Å². The second-order valence-corrected chi connectivity index (χ2v) is 26.3. The molecule has 0 aliphatic rings. The molecule has 0 aliphatic heterocycles. The Morgan fingerprint density at radius 2 is 0.379 bits per heavy atom. The van der Waals surface area contributed by atoms with E-state index in [9.17, 15) is 0 Å². The van der Waals surface area contributed by atoms with Crippen molar-refractivity contribution in [3.63, 3.8) is 0 Å². The first kappa shape index (κ1) is 62.9. The predicted molar refractivity (Wildman–Crippen MR) is 421 cm³/mol. The molecule has 0 nitrogen and oxygen atoms in total. The summed E-state index contributed by atoms with van der Waals surface area (Å²) in [6, 6.07) is 107. The van der Waals surface area contributed by atoms with Crippen LogP contribution in [-0.2, 0) is 0 Å². The van der Waals surface area contributed by atoms with E-state index in [2.05, 4.69) is 373 Å². The summed E-state index contributed by atoms with van der Waals surface area (Å²) >= 11 is 0. The summed E-state index contributed by atoms with van der Waals surface area (Å²) in [5.41, 5.74) is 14.8. The van der Waals surface area contributed by atoms with Gasteiger partial charge in [0.25, 0.3) is 0 Å². The second-order valence-electron chi connectivity index (χ2n) is 26.3. The van der Waals surface area contributed by atoms with Gasteiger partial charge in [0, 0.05) is 0 Å². The van der Waals surface area contributed by atoms with Crippen LogP contribution in [0.15, 0.2) is 297 Å². The van der Waals surface area contributed by atoms with Crippen LogP contribution in [0.25, 0.3) is 129 Å². The predicted octanol–water partition coefficient (Wildman–Crippen LogP) is 27.4. The third kappa shape index (κ3) is 13.6. The van der Waals surface area contributed by atoms with Crippen LogP contribution in [0, 0.1) is 76.2 Å². The molecular formula is C95H82. The minimum Gasteiger partial charge on any atom is -0.0616 e. The van der Waals surface area contributed by atoms with Crippen LogP contribution < -0.4 is 0 Å². The number of fused-ring (bicyclic) bond motifs is 12. The Labute approximate surface area is 560 Å². The smallest absolute Gasteiger partial charge is 0.0146 e. The zero-order valence-electron chi connectivity index (χ0n) is 56.8. The van der Waals surface area contributed by atoms with Gasteiger partial charge in [0.1, 0.15) is 0 Å². The van der Waals surface area contributed by atoms with Crippen molar-refractivity contribution >= 4 is 129 Å². The van der Waals surface area contributed by atoms with Gasteiger partial charge in [0.2, 0.25) is 0 Å². The maximum Gasteiger partial charge on any atom is -0.0146 e. The van der Waals surface area contributed by atoms with Gasteiger partial charge in [-0.05, 0) is 317 Å². The van der Waals surface area contributed by atoms with Gasteiger partial charge in [-0.3, -0.25) is 0 Å². The monoisotopic (exact) mass is 1220 g/mol. The number of aryl methyl sites for hydroxylation is 11. The van der Waals surface area contributed by atoms with Crippen molar-refractivity contribution in [3.8, 4) is 0 Å². The van der Waals surface area contributed by atoms with E-state index in [1.165, 1.54) is 190 Å². The molecule has 95 heavy (non-hydrogen) atoms. The Morgan fingerprint density at radius 3 is 0.800 bits per heavy atom. The average molecular weight is 1220 g/mol. The molecule has 0 unspecified atom stereocenters. The number of hydrogen-bond donors (Lipinski definition) is 0. The van der Waals surface area contributed by atoms with Gasteiger partial charge < -0.3 is 0 Å². The SMILES string of the molecule is Cc1cc(C)c2cc3ccccc3cc2c1.Cc1ccc2cc3c(C)cccc3cc2c1.Cc1ccc2cc3c(C)cccc3cc2c1.Cc1cccc2c(C)c3ccccc3cc12.Cc1cccc2cc3c(C)cccc3cc12.Cc1cccc2cc3ccccc3cc12. The normalized spacial score (nSPS) is 11.1. The van der Waals surface area contributed by atoms with Crippen LogP contribution in [0.2, 0.25) is 0 Å². The molecule has 0 aliphatic carbocycles. The molecular weight excluding hydrogens is 1140 g/mol. The molecule has 0 heterocycles. The third-order valence-corrected chi connectivity index (χ3v) is 19.3. The molecule has 0 fully saturated rings. The van der Waals surface area contributed by atoms with Gasteiger partial charge in [-0.1, -0.05) is 247 Å². The van der Waals surface area contributed by atoms with E-state index in [0.29, 0.717) is 0 Å². The Kier molecular flexibility index (Phi) is 18.1. The summed E-state index contributed by atoms with van der Waals surface area (Å²) in [5.74, 6) is 0. The van der Waals surface area contributed by atoms with Gasteiger partial charge in [0.15, 0.2) is 0 Å². The lowest BCUT2D eigenvalue weighted by Crippen LogP contribution is -1.84. The molecule has 0 bridgehead atoms. The molecule has 0 saturated carbocycles. The quantitative estimate of drug-likeness (QED) is 0.133. The molecule has 0 amide bonds. The Bertz CT molecular complexity index is 5710. The van der Waals surface area contributed by atoms with Crippen molar-refractivity contribution in [1.29, 1.82) is 0 Å². The van der Waals surface area contributed by atoms with Crippen molar-refractivity contribution < 1.29 is 0 Å². The molecule has 18 aromatic carbocycles. The first-order valence-electron chi connectivity index (χ1n) is 33.4. The zero-order valence-corrected chi connectivity index (χ0v) is 56.8. The molecule has 18 aromatic rings. The molecule has 0 saturated heterocycles. The van der Waals surface area contributed by atoms with Crippen molar-refractivity contribution in [2.75, 3.05) is 0 Å². The summed E-state index contributed by atoms with van der Waals surface area (Å²) in [6.45, 7) is 23.8. The highest BCUT2D eigenvalue weighted by molar-refractivity contribution is 6.06. The van der Waals surface area contributed by atoms with E-state index in [0.717, 1.165) is 0 Å². The van der Waals surface area contributed by atoms with Crippen LogP contribution in [-0.4, -0.2) is 0 Å². The lowest BCUT2D eigenvalue weighted by molar-refractivity contribution is 1.43. The highest BCUT2D eigenvalue weighted by atomic mass is 14.1. The van der Waals surface area contributed by atoms with Crippen LogP contribution in [0.1, 0.15) is 61.2 Å². The Hall–Kier alpha value is -10.9. The molecule has 0 heteroatoms. The minimum absolute atomic E-state index is 1.32. The van der Waals surface area contributed by atoms with Crippen LogP contribution in [0.3, 0.4) is 0 Å². The molecule has 18 rings (SSSR count). The number of hydrogen-bond acceptors (Lipinski definition) is 0. The van der Waals surface area contributed by atoms with Gasteiger partial charge in [0.05, 0.1) is 0 Å². The highest BCUT2D eigenvalue weighted by Crippen LogP contribution is 2.33. The van der Waals surface area contributed by atoms with Crippen molar-refractivity contribution in [3.05, 3.63) is 358 Å². The lowest BCUT2D eigenvalue weighted by atomic mass is 9.95. The van der Waals surface area contributed by atoms with Gasteiger partial charge in [-0.15, -0.1) is 0 Å². The van der Waals surface area contributed by atoms with E-state index in [4.69, 9.17) is 0 Å². The Morgan fingerprint density at radius 1 is 0.126 bits per heavy atom. The van der Waals surface area contributed by atoms with E-state index >= 15 is 0 Å². The molecule has 0 N–H and O–H groups in total. The van der Waals surface area contributed by atoms with E-state index in [-0.39, 0.29) is 0 Å². The highest BCUT2D eigenvalue weighted by Gasteiger charge is 2.08. The summed E-state index contributed by atoms with van der Waals surface area (Å²) in [5, 5.41) is 32.2. The summed E-state index contributed by atoms with van der Waals surface area (Å²) < 4.78 is 0. The first-order valence-corrected chi connectivity index (χ1v) is 33.4. The third-order valence-electron chi connectivity index (χ3n) is 19.3. The molecule has 0 radical (unpaired) electrons. The molecule has 0 spiro atoms. The maximum atomic E-state index is 2.30. The number of rotatable bonds is 0. The summed E-state index contributed by atoms with van der Waals surface area (Å²) in [4.78, 5) is 0. The standard InChI is InChI=1S/5C16H14.C15H12/c1-11-5-3-7-13-10-16-12(2)6-4-8-14(16)9-15(11)13;1-11-6-5-9-15-12(2)14-8-4-3-7-13(14)10-16(11)15;2*1-11-6-7-13-10-16-12(2)4-3-5-14(16)9-15(13)8-11;1-11-7-12(2)16-10-14-6-4-3-5-13(14)9-15(16)8-11;1-11-5-4-8-14-9-12-6-2-3-7-13(12)10-15(11)14/h5*3-10H,1-2H3;2-10H,1H3. The second kappa shape index (κ2) is 27.3. The average Bonchev–Trinajstić information content (AvgIpc) is 0.839. The molecule has 0 atom stereocenters. The van der Waals surface area contributed by atoms with Crippen molar-refractivity contribution in [2.24, 2.45) is 0 Å². The van der Waals surface area contributed by atoms with E-state index < -0.39 is 0 Å². The molecule has 0 aromatic heterocycles. The fraction of sp³-hybridized carbons (Fsp3) is 0.116. The van der Waals surface area contributed by atoms with Crippen LogP contribution in [0.5, 0.6) is 0 Å². The first-order chi connectivity index (χ1) is 46.1. The zero-order chi connectivity index (χ0) is 65.9. The van der Waals surface area contributed by atoms with E-state index in [1.54, 1.807) is 0 Å². The molecule has 462 valence electrons. The Balaban J connectivity index is 0.000000103. The fourth-order valence-corrected chi connectivity index (χ4v) is 14.0. The minimum atomic E-state index is 1.32. The van der Waals surface area contributed by atoms with E-state index in [1.807, 2.05) is 0 Å². The summed E-state index contributed by atoms with van der Waals surface area (Å²) in [7, 11) is 0. The maximum absolute atomic E-state index is 2.30.